The number of hydrogen-bond donors (Lipinski definition) is 2. The van der Waals surface area contributed by atoms with E-state index in [0.29, 0.717) is 25.5 Å². The van der Waals surface area contributed by atoms with Gasteiger partial charge in [-0.05, 0) is 55.8 Å². The number of ether oxygens (including phenoxy) is 1. The maximum atomic E-state index is 13.2. The zero-order chi connectivity index (χ0) is 19.2. The Kier molecular flexibility index (Phi) is 7.13. The van der Waals surface area contributed by atoms with E-state index >= 15 is 0 Å². The van der Waals surface area contributed by atoms with Crippen molar-refractivity contribution in [3.8, 4) is 5.75 Å². The first kappa shape index (κ1) is 20.2. The van der Waals surface area contributed by atoms with E-state index in [1.807, 2.05) is 17.0 Å². The molecule has 2 aliphatic heterocycles. The monoisotopic (exact) mass is 374 g/mol. The van der Waals surface area contributed by atoms with Gasteiger partial charge in [0, 0.05) is 6.54 Å². The van der Waals surface area contributed by atoms with Crippen LogP contribution in [-0.2, 0) is 11.2 Å². The Balaban J connectivity index is 1.76. The molecule has 2 N–H and O–H groups in total. The second-order valence-electron chi connectivity index (χ2n) is 8.45. The van der Waals surface area contributed by atoms with Crippen molar-refractivity contribution in [2.24, 2.45) is 5.92 Å². The number of amides is 1. The van der Waals surface area contributed by atoms with E-state index in [4.69, 9.17) is 4.74 Å². The summed E-state index contributed by atoms with van der Waals surface area (Å²) in [5, 5.41) is 13.6. The highest BCUT2D eigenvalue weighted by Gasteiger charge is 2.37. The highest BCUT2D eigenvalue weighted by atomic mass is 16.5. The predicted octanol–water partition coefficient (Wildman–Crippen LogP) is 2.76. The third-order valence-electron chi connectivity index (χ3n) is 5.55. The van der Waals surface area contributed by atoms with Crippen LogP contribution in [0, 0.1) is 5.92 Å². The molecule has 3 rings (SSSR count). The Morgan fingerprint density at radius 3 is 2.96 bits per heavy atom. The van der Waals surface area contributed by atoms with Crippen LogP contribution >= 0.6 is 0 Å². The second-order valence-corrected chi connectivity index (χ2v) is 8.45. The van der Waals surface area contributed by atoms with Gasteiger partial charge in [0.2, 0.25) is 5.91 Å². The molecular weight excluding hydrogens is 340 g/mol. The highest BCUT2D eigenvalue weighted by Crippen LogP contribution is 2.23. The quantitative estimate of drug-likeness (QED) is 0.854. The van der Waals surface area contributed by atoms with Crippen LogP contribution in [0.1, 0.15) is 51.5 Å². The second kappa shape index (κ2) is 9.56. The van der Waals surface area contributed by atoms with Crippen LogP contribution in [0.4, 0.5) is 0 Å². The molecule has 2 bridgehead atoms. The smallest absolute Gasteiger partial charge is 0.240 e. The molecule has 0 unspecified atom stereocenters. The Morgan fingerprint density at radius 1 is 1.30 bits per heavy atom. The van der Waals surface area contributed by atoms with Crippen molar-refractivity contribution >= 4 is 5.91 Å². The molecule has 5 nitrogen and oxygen atoms in total. The number of nitrogens with zero attached hydrogens (tertiary/aromatic N) is 1. The topological polar surface area (TPSA) is 61.8 Å². The van der Waals surface area contributed by atoms with E-state index in [1.165, 1.54) is 5.56 Å². The summed E-state index contributed by atoms with van der Waals surface area (Å²) in [6, 6.07) is 8.04. The highest BCUT2D eigenvalue weighted by molar-refractivity contribution is 5.82. The van der Waals surface area contributed by atoms with Crippen molar-refractivity contribution in [1.29, 1.82) is 0 Å². The molecule has 150 valence electrons. The minimum absolute atomic E-state index is 0.0672. The number of carbonyl (C=O) groups excluding carboxylic acids is 1. The van der Waals surface area contributed by atoms with E-state index in [2.05, 4.69) is 31.3 Å². The number of benzene rings is 1. The fraction of sp³-hybridized carbons (Fsp3) is 0.682. The summed E-state index contributed by atoms with van der Waals surface area (Å²) in [4.78, 5) is 15.1. The molecule has 2 heterocycles. The van der Waals surface area contributed by atoms with Crippen LogP contribution in [0.25, 0.3) is 0 Å². The van der Waals surface area contributed by atoms with Gasteiger partial charge in [-0.25, -0.2) is 0 Å². The van der Waals surface area contributed by atoms with Crippen LogP contribution in [0.5, 0.6) is 5.75 Å². The molecule has 0 radical (unpaired) electrons. The van der Waals surface area contributed by atoms with Crippen molar-refractivity contribution in [2.45, 2.75) is 70.6 Å². The van der Waals surface area contributed by atoms with Crippen molar-refractivity contribution < 1.29 is 14.6 Å². The number of aliphatic hydroxyl groups is 1. The molecule has 2 aliphatic rings. The average Bonchev–Trinajstić information content (AvgIpc) is 3.02. The van der Waals surface area contributed by atoms with Crippen LogP contribution in [0.2, 0.25) is 0 Å². The number of hydrogen-bond acceptors (Lipinski definition) is 4. The predicted molar refractivity (Wildman–Crippen MR) is 107 cm³/mol. The van der Waals surface area contributed by atoms with Gasteiger partial charge in [0.15, 0.2) is 0 Å². The van der Waals surface area contributed by atoms with E-state index in [9.17, 15) is 9.90 Å². The van der Waals surface area contributed by atoms with Crippen LogP contribution < -0.4 is 10.1 Å². The van der Waals surface area contributed by atoms with Crippen LogP contribution in [0.15, 0.2) is 24.3 Å². The third-order valence-corrected chi connectivity index (χ3v) is 5.55. The molecule has 1 aromatic rings. The van der Waals surface area contributed by atoms with Gasteiger partial charge < -0.3 is 20.1 Å². The molecule has 1 saturated heterocycles. The fourth-order valence-corrected chi connectivity index (χ4v) is 4.05. The minimum atomic E-state index is -0.463. The summed E-state index contributed by atoms with van der Waals surface area (Å²) in [5.74, 6) is 1.47. The van der Waals surface area contributed by atoms with Crippen molar-refractivity contribution in [3.05, 3.63) is 29.8 Å². The molecule has 0 aromatic heterocycles. The van der Waals surface area contributed by atoms with E-state index in [1.54, 1.807) is 0 Å². The van der Waals surface area contributed by atoms with Crippen LogP contribution in [0.3, 0.4) is 0 Å². The first-order chi connectivity index (χ1) is 13.0. The first-order valence-electron chi connectivity index (χ1n) is 10.5. The Bertz CT molecular complexity index is 619. The van der Waals surface area contributed by atoms with Gasteiger partial charge in [-0.1, -0.05) is 38.8 Å². The number of aliphatic hydroxyl groups excluding tert-OH is 1. The molecule has 5 heteroatoms. The lowest BCUT2D eigenvalue weighted by Crippen LogP contribution is -2.50. The van der Waals surface area contributed by atoms with Gasteiger partial charge in [-0.3, -0.25) is 4.79 Å². The van der Waals surface area contributed by atoms with E-state index in [0.717, 1.165) is 44.4 Å². The fourth-order valence-electron chi connectivity index (χ4n) is 4.05. The molecular formula is C22H34N2O3. The lowest BCUT2D eigenvalue weighted by atomic mass is 10.0. The zero-order valence-electron chi connectivity index (χ0n) is 16.7. The standard InChI is InChI=1S/C22H34N2O3/c1-16(2)13-23-21-10-5-3-4-7-17-8-6-9-20(11-17)27-15-18-12-19(25)14-24(18)22(21)26/h6,8-9,11,16,18-19,21,23,25H,3-5,7,10,12-15H2,1-2H3/t18-,19-,21-/m0/s1. The summed E-state index contributed by atoms with van der Waals surface area (Å²) in [5.41, 5.74) is 1.30. The van der Waals surface area contributed by atoms with Gasteiger partial charge >= 0.3 is 0 Å². The lowest BCUT2D eigenvalue weighted by Gasteiger charge is -2.30. The first-order valence-corrected chi connectivity index (χ1v) is 10.5. The zero-order valence-corrected chi connectivity index (χ0v) is 16.7. The third kappa shape index (κ3) is 5.69. The molecule has 0 spiro atoms. The van der Waals surface area contributed by atoms with Gasteiger partial charge in [0.1, 0.15) is 12.4 Å². The largest absolute Gasteiger partial charge is 0.491 e. The maximum Gasteiger partial charge on any atom is 0.240 e. The van der Waals surface area contributed by atoms with Crippen molar-refractivity contribution in [2.75, 3.05) is 19.7 Å². The van der Waals surface area contributed by atoms with Gasteiger partial charge in [0.05, 0.1) is 18.2 Å². The maximum absolute atomic E-state index is 13.2. The summed E-state index contributed by atoms with van der Waals surface area (Å²) in [6.45, 7) is 5.99. The van der Waals surface area contributed by atoms with Crippen molar-refractivity contribution in [1.82, 2.24) is 10.2 Å². The van der Waals surface area contributed by atoms with Gasteiger partial charge in [0.25, 0.3) is 0 Å². The van der Waals surface area contributed by atoms with E-state index < -0.39 is 6.10 Å². The van der Waals surface area contributed by atoms with Crippen molar-refractivity contribution in [3.63, 3.8) is 0 Å². The van der Waals surface area contributed by atoms with Gasteiger partial charge in [-0.15, -0.1) is 0 Å². The lowest BCUT2D eigenvalue weighted by molar-refractivity contribution is -0.135. The number of nitrogens with one attached hydrogen (secondary N) is 1. The summed E-state index contributed by atoms with van der Waals surface area (Å²) in [6.07, 6.45) is 5.30. The summed E-state index contributed by atoms with van der Waals surface area (Å²) < 4.78 is 6.01. The molecule has 1 fully saturated rings. The number of carbonyl (C=O) groups is 1. The number of aryl methyl sites for hydroxylation is 1. The number of rotatable bonds is 3. The molecule has 1 amide bonds. The van der Waals surface area contributed by atoms with Gasteiger partial charge in [-0.2, -0.15) is 0 Å². The molecule has 27 heavy (non-hydrogen) atoms. The molecule has 0 saturated carbocycles. The molecule has 0 aliphatic carbocycles. The number of fused-ring (bicyclic) bond motifs is 3. The van der Waals surface area contributed by atoms with Crippen LogP contribution in [-0.4, -0.2) is 53.8 Å². The normalized spacial score (nSPS) is 27.2. The SMILES string of the molecule is CC(C)CN[C@H]1CCCCCc2cccc(c2)OC[C@@H]2C[C@H](O)CN2C1=O. The molecule has 3 atom stereocenters. The summed E-state index contributed by atoms with van der Waals surface area (Å²) >= 11 is 0. The Hall–Kier alpha value is -1.59. The molecule has 1 aromatic carbocycles. The average molecular weight is 375 g/mol. The summed E-state index contributed by atoms with van der Waals surface area (Å²) in [7, 11) is 0. The Morgan fingerprint density at radius 2 is 2.15 bits per heavy atom. The van der Waals surface area contributed by atoms with E-state index in [-0.39, 0.29) is 18.0 Å². The minimum Gasteiger partial charge on any atom is -0.491 e. The Labute approximate surface area is 163 Å².